The molecule has 0 saturated heterocycles. The molecule has 0 radical (unpaired) electrons. The van der Waals surface area contributed by atoms with E-state index in [1.165, 1.54) is 12.4 Å². The van der Waals surface area contributed by atoms with Crippen LogP contribution in [0.25, 0.3) is 0 Å². The summed E-state index contributed by atoms with van der Waals surface area (Å²) in [7, 11) is 0. The summed E-state index contributed by atoms with van der Waals surface area (Å²) in [5, 5.41) is 26.0. The predicted octanol–water partition coefficient (Wildman–Crippen LogP) is 3.74. The Morgan fingerprint density at radius 2 is 2.12 bits per heavy atom. The number of pyridine rings is 1. The molecule has 172 valence electrons. The number of ether oxygens (including phenoxy) is 1. The fourth-order valence-corrected chi connectivity index (χ4v) is 3.66. The van der Waals surface area contributed by atoms with Gasteiger partial charge in [-0.25, -0.2) is 18.7 Å². The Bertz CT molecular complexity index is 974. The molecule has 0 bridgehead atoms. The molecule has 32 heavy (non-hydrogen) atoms. The second kappa shape index (κ2) is 9.61. The molecule has 1 aliphatic carbocycles. The van der Waals surface area contributed by atoms with Gasteiger partial charge in [0.1, 0.15) is 17.5 Å². The number of aromatic nitrogens is 3. The predicted molar refractivity (Wildman–Crippen MR) is 115 cm³/mol. The minimum Gasteiger partial charge on any atom is -0.471 e. The highest BCUT2D eigenvalue weighted by atomic mass is 19.3. The number of anilines is 2. The number of aliphatic hydroxyl groups excluding tert-OH is 1. The highest BCUT2D eigenvalue weighted by molar-refractivity contribution is 5.54. The third kappa shape index (κ3) is 6.23. The molecule has 0 amide bonds. The Kier molecular flexibility index (Phi) is 7.09. The van der Waals surface area contributed by atoms with E-state index in [1.54, 1.807) is 12.1 Å². The van der Waals surface area contributed by atoms with Crippen LogP contribution in [0.4, 0.5) is 20.5 Å². The molecule has 2 aromatic heterocycles. The maximum Gasteiger partial charge on any atom is 0.278 e. The monoisotopic (exact) mass is 446 g/mol. The summed E-state index contributed by atoms with van der Waals surface area (Å²) in [6, 6.07) is 5.55. The van der Waals surface area contributed by atoms with Crippen molar-refractivity contribution < 1.29 is 18.6 Å². The van der Waals surface area contributed by atoms with Crippen LogP contribution in [0.5, 0.6) is 5.88 Å². The summed E-state index contributed by atoms with van der Waals surface area (Å²) >= 11 is 0. The molecule has 1 saturated carbocycles. The third-order valence-electron chi connectivity index (χ3n) is 5.46. The molecule has 0 unspecified atom stereocenters. The van der Waals surface area contributed by atoms with Crippen LogP contribution in [0, 0.1) is 16.7 Å². The van der Waals surface area contributed by atoms with Gasteiger partial charge < -0.3 is 20.5 Å². The first-order valence-electron chi connectivity index (χ1n) is 10.5. The molecule has 3 rings (SSSR count). The lowest BCUT2D eigenvalue weighted by molar-refractivity contribution is -0.0244. The number of halogens is 2. The fraction of sp³-hybridized carbons (Fsp3) is 0.545. The molecule has 1 fully saturated rings. The summed E-state index contributed by atoms with van der Waals surface area (Å²) in [5.41, 5.74) is 0.653. The van der Waals surface area contributed by atoms with Gasteiger partial charge in [0.2, 0.25) is 11.8 Å². The lowest BCUT2D eigenvalue weighted by Crippen LogP contribution is -2.41. The van der Waals surface area contributed by atoms with E-state index in [1.807, 2.05) is 13.8 Å². The molecular formula is C22H28F2N6O2. The molecule has 0 aromatic carbocycles. The van der Waals surface area contributed by atoms with Crippen molar-refractivity contribution in [2.24, 2.45) is 5.41 Å². The van der Waals surface area contributed by atoms with Crippen LogP contribution >= 0.6 is 0 Å². The zero-order chi connectivity index (χ0) is 23.4. The average molecular weight is 447 g/mol. The Morgan fingerprint density at radius 3 is 2.81 bits per heavy atom. The van der Waals surface area contributed by atoms with Crippen molar-refractivity contribution in [1.29, 1.82) is 5.26 Å². The van der Waals surface area contributed by atoms with Gasteiger partial charge in [0.05, 0.1) is 12.3 Å². The van der Waals surface area contributed by atoms with Crippen LogP contribution in [-0.4, -0.2) is 44.7 Å². The van der Waals surface area contributed by atoms with E-state index in [0.717, 1.165) is 19.8 Å². The number of hydrogen-bond acceptors (Lipinski definition) is 8. The largest absolute Gasteiger partial charge is 0.471 e. The van der Waals surface area contributed by atoms with Crippen LogP contribution < -0.4 is 15.4 Å². The van der Waals surface area contributed by atoms with Crippen molar-refractivity contribution in [1.82, 2.24) is 15.0 Å². The van der Waals surface area contributed by atoms with Gasteiger partial charge in [-0.05, 0) is 30.7 Å². The minimum absolute atomic E-state index is 0.0669. The Morgan fingerprint density at radius 1 is 1.34 bits per heavy atom. The molecule has 2 heterocycles. The first-order chi connectivity index (χ1) is 15.1. The Labute approximate surface area is 186 Å². The Balaban J connectivity index is 1.70. The number of nitrogens with zero attached hydrogens (tertiary/aromatic N) is 4. The number of hydrogen-bond donors (Lipinski definition) is 3. The van der Waals surface area contributed by atoms with Gasteiger partial charge in [-0.1, -0.05) is 19.9 Å². The SMILES string of the molecule is CC(F)(F)COc1ncccc1CNc1ncc(C#N)c(N[C@@H]2CC[C@H](O)C(C)(C)C2)n1. The lowest BCUT2D eigenvalue weighted by atomic mass is 9.73. The first-order valence-corrected chi connectivity index (χ1v) is 10.5. The van der Waals surface area contributed by atoms with Crippen molar-refractivity contribution in [3.05, 3.63) is 35.7 Å². The number of alkyl halides is 2. The van der Waals surface area contributed by atoms with Gasteiger partial charge in [-0.2, -0.15) is 10.2 Å². The highest BCUT2D eigenvalue weighted by Gasteiger charge is 2.36. The van der Waals surface area contributed by atoms with Gasteiger partial charge in [0, 0.05) is 31.3 Å². The van der Waals surface area contributed by atoms with E-state index in [4.69, 9.17) is 4.74 Å². The lowest BCUT2D eigenvalue weighted by Gasteiger charge is -2.40. The molecule has 10 heteroatoms. The van der Waals surface area contributed by atoms with E-state index >= 15 is 0 Å². The first kappa shape index (κ1) is 23.6. The Hall–Kier alpha value is -3.06. The summed E-state index contributed by atoms with van der Waals surface area (Å²) in [5.74, 6) is -2.17. The summed E-state index contributed by atoms with van der Waals surface area (Å²) in [6.45, 7) is 4.25. The van der Waals surface area contributed by atoms with Crippen LogP contribution in [0.3, 0.4) is 0 Å². The number of nitrogens with one attached hydrogen (secondary N) is 2. The number of nitriles is 1. The van der Waals surface area contributed by atoms with Crippen molar-refractivity contribution in [3.63, 3.8) is 0 Å². The molecule has 0 aliphatic heterocycles. The zero-order valence-corrected chi connectivity index (χ0v) is 18.4. The number of aliphatic hydroxyl groups is 1. The normalized spacial score (nSPS) is 20.3. The molecule has 1 aliphatic rings. The van der Waals surface area contributed by atoms with E-state index in [-0.39, 0.29) is 35.9 Å². The quantitative estimate of drug-likeness (QED) is 0.562. The second-order valence-corrected chi connectivity index (χ2v) is 8.87. The summed E-state index contributed by atoms with van der Waals surface area (Å²) in [6.07, 6.45) is 4.71. The van der Waals surface area contributed by atoms with E-state index in [9.17, 15) is 19.1 Å². The molecule has 2 atom stereocenters. The molecule has 3 N–H and O–H groups in total. The standard InChI is InChI=1S/C22H28F2N6O2/c1-21(2)9-16(6-7-17(21)31)29-18-15(10-25)12-28-20(30-18)27-11-14-5-4-8-26-19(14)32-13-22(3,23)24/h4-5,8,12,16-17,31H,6-7,9,11,13H2,1-3H3,(H2,27,28,29,30)/t16-,17+/m1/s1. The zero-order valence-electron chi connectivity index (χ0n) is 18.4. The second-order valence-electron chi connectivity index (χ2n) is 8.87. The van der Waals surface area contributed by atoms with Crippen molar-refractivity contribution in [2.45, 2.75) is 64.6 Å². The van der Waals surface area contributed by atoms with Crippen molar-refractivity contribution in [2.75, 3.05) is 17.2 Å². The van der Waals surface area contributed by atoms with Gasteiger partial charge >= 0.3 is 0 Å². The summed E-state index contributed by atoms with van der Waals surface area (Å²) < 4.78 is 31.4. The van der Waals surface area contributed by atoms with Crippen LogP contribution in [0.1, 0.15) is 51.2 Å². The van der Waals surface area contributed by atoms with E-state index in [2.05, 4.69) is 31.7 Å². The van der Waals surface area contributed by atoms with Crippen molar-refractivity contribution in [3.8, 4) is 11.9 Å². The van der Waals surface area contributed by atoms with E-state index < -0.39 is 12.5 Å². The fourth-order valence-electron chi connectivity index (χ4n) is 3.66. The van der Waals surface area contributed by atoms with Gasteiger partial charge in [-0.15, -0.1) is 0 Å². The van der Waals surface area contributed by atoms with Gasteiger partial charge in [0.15, 0.2) is 6.61 Å². The molecule has 2 aromatic rings. The van der Waals surface area contributed by atoms with Gasteiger partial charge in [0.25, 0.3) is 5.92 Å². The van der Waals surface area contributed by atoms with Gasteiger partial charge in [-0.3, -0.25) is 0 Å². The summed E-state index contributed by atoms with van der Waals surface area (Å²) in [4.78, 5) is 12.6. The maximum absolute atomic E-state index is 13.1. The molecule has 0 spiro atoms. The smallest absolute Gasteiger partial charge is 0.278 e. The van der Waals surface area contributed by atoms with Crippen molar-refractivity contribution >= 4 is 11.8 Å². The van der Waals surface area contributed by atoms with Crippen LogP contribution in [0.15, 0.2) is 24.5 Å². The minimum atomic E-state index is -2.97. The highest BCUT2D eigenvalue weighted by Crippen LogP contribution is 2.37. The third-order valence-corrected chi connectivity index (χ3v) is 5.46. The molecule has 8 nitrogen and oxygen atoms in total. The number of rotatable bonds is 8. The van der Waals surface area contributed by atoms with Crippen LogP contribution in [0.2, 0.25) is 0 Å². The average Bonchev–Trinajstić information content (AvgIpc) is 2.73. The van der Waals surface area contributed by atoms with Crippen LogP contribution in [-0.2, 0) is 6.54 Å². The van der Waals surface area contributed by atoms with E-state index in [0.29, 0.717) is 23.4 Å². The topological polar surface area (TPSA) is 116 Å². The molecular weight excluding hydrogens is 418 g/mol. The maximum atomic E-state index is 13.1.